The zero-order chi connectivity index (χ0) is 13.0. The van der Waals surface area contributed by atoms with Crippen molar-refractivity contribution in [1.29, 1.82) is 0 Å². The summed E-state index contributed by atoms with van der Waals surface area (Å²) >= 11 is 1.77. The van der Waals surface area contributed by atoms with Gasteiger partial charge in [-0.2, -0.15) is 0 Å². The predicted molar refractivity (Wildman–Crippen MR) is 77.9 cm³/mol. The molecule has 0 aliphatic rings. The lowest BCUT2D eigenvalue weighted by atomic mass is 10.1. The van der Waals surface area contributed by atoms with Gasteiger partial charge >= 0.3 is 0 Å². The van der Waals surface area contributed by atoms with E-state index in [-0.39, 0.29) is 0 Å². The fraction of sp³-hybridized carbons (Fsp3) is 0.400. The minimum absolute atomic E-state index is 0.652. The Balaban J connectivity index is 1.98. The number of nitrogens with one attached hydrogen (secondary N) is 1. The molecule has 0 atom stereocenters. The summed E-state index contributed by atoms with van der Waals surface area (Å²) < 4.78 is 0. The van der Waals surface area contributed by atoms with Crippen molar-refractivity contribution >= 4 is 11.8 Å². The molecule has 18 heavy (non-hydrogen) atoms. The molecular weight excluding hydrogens is 240 g/mol. The zero-order valence-corrected chi connectivity index (χ0v) is 12.1. The largest absolute Gasteiger partial charge is 0.337 e. The molecule has 0 radical (unpaired) electrons. The van der Waals surface area contributed by atoms with Gasteiger partial charge in [0.25, 0.3) is 0 Å². The smallest absolute Gasteiger partial charge is 0.166 e. The van der Waals surface area contributed by atoms with Crippen LogP contribution in [0.25, 0.3) is 0 Å². The summed E-state index contributed by atoms with van der Waals surface area (Å²) in [6.07, 6.45) is 1.05. The molecule has 0 aliphatic heterocycles. The third-order valence-corrected chi connectivity index (χ3v) is 3.73. The Bertz CT molecular complexity index is 488. The lowest BCUT2D eigenvalue weighted by molar-refractivity contribution is 0.633. The number of aryl methyl sites for hydroxylation is 1. The maximum Gasteiger partial charge on any atom is 0.166 e. The number of hydrogen-bond acceptors (Lipinski definition) is 2. The van der Waals surface area contributed by atoms with Crippen LogP contribution in [0.2, 0.25) is 0 Å². The van der Waals surface area contributed by atoms with Crippen molar-refractivity contribution in [1.82, 2.24) is 9.97 Å². The Morgan fingerprint density at radius 1 is 1.22 bits per heavy atom. The van der Waals surface area contributed by atoms with E-state index in [2.05, 4.69) is 55.0 Å². The average molecular weight is 260 g/mol. The van der Waals surface area contributed by atoms with Crippen LogP contribution in [0.3, 0.4) is 0 Å². The summed E-state index contributed by atoms with van der Waals surface area (Å²) in [6.45, 7) is 6.56. The molecule has 0 amide bonds. The maximum absolute atomic E-state index is 4.67. The quantitative estimate of drug-likeness (QED) is 0.816. The fourth-order valence-corrected chi connectivity index (χ4v) is 2.74. The van der Waals surface area contributed by atoms with E-state index in [0.29, 0.717) is 5.92 Å². The highest BCUT2D eigenvalue weighted by molar-refractivity contribution is 7.98. The van der Waals surface area contributed by atoms with Crippen LogP contribution in [-0.4, -0.2) is 9.97 Å². The molecule has 1 aromatic carbocycles. The number of aromatic amines is 1. The number of rotatable bonds is 5. The van der Waals surface area contributed by atoms with Crippen molar-refractivity contribution in [2.75, 3.05) is 0 Å². The molecule has 96 valence electrons. The number of benzene rings is 1. The van der Waals surface area contributed by atoms with Gasteiger partial charge in [-0.3, -0.25) is 0 Å². The van der Waals surface area contributed by atoms with Crippen LogP contribution in [0.5, 0.6) is 0 Å². The monoisotopic (exact) mass is 260 g/mol. The SMILES string of the molecule is Cc1[nH]c(SCc2ccccc2)nc1CC(C)C. The maximum atomic E-state index is 4.67. The molecule has 0 fully saturated rings. The number of thioether (sulfide) groups is 1. The molecule has 1 N–H and O–H groups in total. The fourth-order valence-electron chi connectivity index (χ4n) is 1.85. The predicted octanol–water partition coefficient (Wildman–Crippen LogP) is 4.21. The number of imidazole rings is 1. The van der Waals surface area contributed by atoms with Crippen molar-refractivity contribution in [3.8, 4) is 0 Å². The van der Waals surface area contributed by atoms with E-state index >= 15 is 0 Å². The van der Waals surface area contributed by atoms with E-state index < -0.39 is 0 Å². The van der Waals surface area contributed by atoms with Crippen molar-refractivity contribution < 1.29 is 0 Å². The summed E-state index contributed by atoms with van der Waals surface area (Å²) in [5.74, 6) is 1.62. The second-order valence-corrected chi connectivity index (χ2v) is 5.95. The second-order valence-electron chi connectivity index (χ2n) is 4.99. The van der Waals surface area contributed by atoms with Gasteiger partial charge in [-0.1, -0.05) is 55.9 Å². The topological polar surface area (TPSA) is 28.7 Å². The van der Waals surface area contributed by atoms with Crippen molar-refractivity contribution in [3.05, 3.63) is 47.3 Å². The second kappa shape index (κ2) is 6.10. The van der Waals surface area contributed by atoms with Crippen LogP contribution < -0.4 is 0 Å². The third kappa shape index (κ3) is 3.64. The van der Waals surface area contributed by atoms with Crippen LogP contribution in [0.1, 0.15) is 30.8 Å². The molecule has 0 bridgehead atoms. The first-order valence-corrected chi connectivity index (χ1v) is 7.36. The number of nitrogens with zero attached hydrogens (tertiary/aromatic N) is 1. The molecule has 0 saturated heterocycles. The number of hydrogen-bond donors (Lipinski definition) is 1. The van der Waals surface area contributed by atoms with E-state index in [4.69, 9.17) is 0 Å². The third-order valence-electron chi connectivity index (χ3n) is 2.78. The highest BCUT2D eigenvalue weighted by Gasteiger charge is 2.08. The molecule has 3 heteroatoms. The first-order chi connectivity index (χ1) is 8.65. The summed E-state index contributed by atoms with van der Waals surface area (Å²) in [4.78, 5) is 8.04. The highest BCUT2D eigenvalue weighted by Crippen LogP contribution is 2.22. The number of H-pyrrole nitrogens is 1. The highest BCUT2D eigenvalue weighted by atomic mass is 32.2. The van der Waals surface area contributed by atoms with Crippen LogP contribution in [-0.2, 0) is 12.2 Å². The van der Waals surface area contributed by atoms with Gasteiger partial charge in [0.05, 0.1) is 5.69 Å². The van der Waals surface area contributed by atoms with Gasteiger partial charge in [0.2, 0.25) is 0 Å². The molecular formula is C15H20N2S. The van der Waals surface area contributed by atoms with Crippen LogP contribution in [0, 0.1) is 12.8 Å². The van der Waals surface area contributed by atoms with Crippen LogP contribution >= 0.6 is 11.8 Å². The molecule has 0 unspecified atom stereocenters. The van der Waals surface area contributed by atoms with Gasteiger partial charge in [0.1, 0.15) is 0 Å². The van der Waals surface area contributed by atoms with Gasteiger partial charge in [0.15, 0.2) is 5.16 Å². The van der Waals surface area contributed by atoms with Gasteiger partial charge in [-0.25, -0.2) is 4.98 Å². The Labute approximate surface area is 113 Å². The first-order valence-electron chi connectivity index (χ1n) is 6.37. The molecule has 0 aliphatic carbocycles. The van der Waals surface area contributed by atoms with E-state index in [1.165, 1.54) is 17.0 Å². The van der Waals surface area contributed by atoms with E-state index in [9.17, 15) is 0 Å². The van der Waals surface area contributed by atoms with Crippen molar-refractivity contribution in [2.45, 2.75) is 38.1 Å². The summed E-state index contributed by atoms with van der Waals surface area (Å²) in [5, 5.41) is 1.03. The molecule has 0 saturated carbocycles. The van der Waals surface area contributed by atoms with E-state index in [1.807, 2.05) is 6.07 Å². The van der Waals surface area contributed by atoms with Crippen LogP contribution in [0.4, 0.5) is 0 Å². The Hall–Kier alpha value is -1.22. The van der Waals surface area contributed by atoms with Gasteiger partial charge in [-0.15, -0.1) is 0 Å². The molecule has 2 nitrogen and oxygen atoms in total. The lowest BCUT2D eigenvalue weighted by Gasteiger charge is -2.00. The summed E-state index contributed by atoms with van der Waals surface area (Å²) in [6, 6.07) is 10.5. The standard InChI is InChI=1S/C15H20N2S/c1-11(2)9-14-12(3)16-15(17-14)18-10-13-7-5-4-6-8-13/h4-8,11H,9-10H2,1-3H3,(H,16,17). The van der Waals surface area contributed by atoms with E-state index in [1.54, 1.807) is 11.8 Å². The summed E-state index contributed by atoms with van der Waals surface area (Å²) in [7, 11) is 0. The average Bonchev–Trinajstić information content (AvgIpc) is 2.68. The van der Waals surface area contributed by atoms with Crippen LogP contribution in [0.15, 0.2) is 35.5 Å². The van der Waals surface area contributed by atoms with Gasteiger partial charge < -0.3 is 4.98 Å². The lowest BCUT2D eigenvalue weighted by Crippen LogP contribution is -1.96. The molecule has 2 rings (SSSR count). The van der Waals surface area contributed by atoms with Gasteiger partial charge in [-0.05, 0) is 24.8 Å². The zero-order valence-electron chi connectivity index (χ0n) is 11.2. The minimum Gasteiger partial charge on any atom is -0.337 e. The molecule has 2 aromatic rings. The van der Waals surface area contributed by atoms with Crippen molar-refractivity contribution in [3.63, 3.8) is 0 Å². The molecule has 1 aromatic heterocycles. The Morgan fingerprint density at radius 2 is 1.94 bits per heavy atom. The molecule has 0 spiro atoms. The first kappa shape index (κ1) is 13.2. The van der Waals surface area contributed by atoms with Crippen molar-refractivity contribution in [2.24, 2.45) is 5.92 Å². The van der Waals surface area contributed by atoms with E-state index in [0.717, 1.165) is 17.3 Å². The van der Waals surface area contributed by atoms with Gasteiger partial charge in [0, 0.05) is 11.4 Å². The summed E-state index contributed by atoms with van der Waals surface area (Å²) in [5.41, 5.74) is 3.75. The normalized spacial score (nSPS) is 11.1. The number of aromatic nitrogens is 2. The molecule has 1 heterocycles. The Morgan fingerprint density at radius 3 is 2.61 bits per heavy atom. The minimum atomic E-state index is 0.652. The Kier molecular flexibility index (Phi) is 4.48.